The minimum Gasteiger partial charge on any atom is -0.458 e. The Morgan fingerprint density at radius 1 is 1.14 bits per heavy atom. The van der Waals surface area contributed by atoms with E-state index in [-0.39, 0.29) is 23.5 Å². The van der Waals surface area contributed by atoms with Crippen LogP contribution in [0.3, 0.4) is 0 Å². The van der Waals surface area contributed by atoms with Crippen LogP contribution >= 0.6 is 0 Å². The predicted molar refractivity (Wildman–Crippen MR) is 106 cm³/mol. The zero-order valence-electron chi connectivity index (χ0n) is 17.1. The molecule has 0 aromatic heterocycles. The molecular formula is C24H30O4. The summed E-state index contributed by atoms with van der Waals surface area (Å²) in [5, 5.41) is 0. The SMILES string of the molecule is C#CC1(OC(C)=O)CCC2C3C=CC4=CC(OC(C)=O)CCC4C3CCC21C. The molecule has 0 aliphatic heterocycles. The number of hydrogen-bond donors (Lipinski definition) is 0. The summed E-state index contributed by atoms with van der Waals surface area (Å²) in [7, 11) is 0. The molecule has 0 aromatic rings. The van der Waals surface area contributed by atoms with Crippen molar-refractivity contribution in [1.29, 1.82) is 0 Å². The third-order valence-electron chi connectivity index (χ3n) is 7.97. The highest BCUT2D eigenvalue weighted by Gasteiger charge is 2.63. The fourth-order valence-corrected chi connectivity index (χ4v) is 6.75. The minimum absolute atomic E-state index is 0.0941. The first-order chi connectivity index (χ1) is 13.3. The second-order valence-corrected chi connectivity index (χ2v) is 9.27. The largest absolute Gasteiger partial charge is 0.458 e. The third kappa shape index (κ3) is 2.82. The van der Waals surface area contributed by atoms with Gasteiger partial charge in [-0.25, -0.2) is 0 Å². The third-order valence-corrected chi connectivity index (χ3v) is 7.97. The summed E-state index contributed by atoms with van der Waals surface area (Å²) in [6.07, 6.45) is 18.4. The molecule has 0 heterocycles. The number of carbonyl (C=O) groups is 2. The molecule has 4 heteroatoms. The van der Waals surface area contributed by atoms with Crippen molar-refractivity contribution in [2.75, 3.05) is 0 Å². The van der Waals surface area contributed by atoms with Crippen molar-refractivity contribution >= 4 is 11.9 Å². The van der Waals surface area contributed by atoms with Crippen LogP contribution in [0, 0.1) is 41.4 Å². The van der Waals surface area contributed by atoms with Crippen molar-refractivity contribution in [3.8, 4) is 12.3 Å². The van der Waals surface area contributed by atoms with Crippen molar-refractivity contribution in [3.63, 3.8) is 0 Å². The van der Waals surface area contributed by atoms with Gasteiger partial charge in [0, 0.05) is 19.3 Å². The van der Waals surface area contributed by atoms with E-state index in [2.05, 4.69) is 31.1 Å². The summed E-state index contributed by atoms with van der Waals surface area (Å²) in [6.45, 7) is 5.17. The predicted octanol–water partition coefficient (Wildman–Crippen LogP) is 4.20. The summed E-state index contributed by atoms with van der Waals surface area (Å²) in [5.41, 5.74) is 0.379. The molecule has 7 atom stereocenters. The van der Waals surface area contributed by atoms with Crippen LogP contribution in [-0.2, 0) is 19.1 Å². The fraction of sp³-hybridized carbons (Fsp3) is 0.667. The average molecular weight is 383 g/mol. The number of terminal acetylenes is 1. The molecule has 150 valence electrons. The Bertz CT molecular complexity index is 787. The van der Waals surface area contributed by atoms with E-state index >= 15 is 0 Å². The van der Waals surface area contributed by atoms with Gasteiger partial charge in [0.15, 0.2) is 5.60 Å². The van der Waals surface area contributed by atoms with Crippen molar-refractivity contribution in [2.45, 2.75) is 71.0 Å². The van der Waals surface area contributed by atoms with Crippen LogP contribution in [0.5, 0.6) is 0 Å². The monoisotopic (exact) mass is 382 g/mol. The molecule has 4 nitrogen and oxygen atoms in total. The van der Waals surface area contributed by atoms with Crippen LogP contribution in [0.4, 0.5) is 0 Å². The van der Waals surface area contributed by atoms with E-state index in [0.717, 1.165) is 38.5 Å². The van der Waals surface area contributed by atoms with E-state index in [1.54, 1.807) is 0 Å². The van der Waals surface area contributed by atoms with Crippen molar-refractivity contribution in [2.24, 2.45) is 29.1 Å². The topological polar surface area (TPSA) is 52.6 Å². The minimum atomic E-state index is -0.772. The number of carbonyl (C=O) groups excluding carboxylic acids is 2. The van der Waals surface area contributed by atoms with Crippen LogP contribution in [0.2, 0.25) is 0 Å². The molecule has 0 spiro atoms. The molecule has 2 fully saturated rings. The molecule has 4 aliphatic rings. The molecular weight excluding hydrogens is 352 g/mol. The van der Waals surface area contributed by atoms with Crippen LogP contribution in [-0.4, -0.2) is 23.6 Å². The molecule has 0 amide bonds. The van der Waals surface area contributed by atoms with Crippen LogP contribution in [0.1, 0.15) is 59.3 Å². The lowest BCUT2D eigenvalue weighted by Crippen LogP contribution is -2.53. The summed E-state index contributed by atoms with van der Waals surface area (Å²) in [5.74, 6) is 4.43. The van der Waals surface area contributed by atoms with E-state index < -0.39 is 5.60 Å². The first kappa shape index (κ1) is 19.3. The highest BCUT2D eigenvalue weighted by molar-refractivity contribution is 5.67. The summed E-state index contributed by atoms with van der Waals surface area (Å²) >= 11 is 0. The fourth-order valence-electron chi connectivity index (χ4n) is 6.75. The van der Waals surface area contributed by atoms with Crippen LogP contribution < -0.4 is 0 Å². The lowest BCUT2D eigenvalue weighted by Gasteiger charge is -2.53. The van der Waals surface area contributed by atoms with Gasteiger partial charge < -0.3 is 9.47 Å². The molecule has 0 saturated heterocycles. The van der Waals surface area contributed by atoms with Gasteiger partial charge in [0.05, 0.1) is 0 Å². The number of allylic oxidation sites excluding steroid dienone is 3. The van der Waals surface area contributed by atoms with E-state index in [1.165, 1.54) is 19.4 Å². The molecule has 4 rings (SSSR count). The lowest BCUT2D eigenvalue weighted by molar-refractivity contribution is -0.166. The Morgan fingerprint density at radius 2 is 1.93 bits per heavy atom. The van der Waals surface area contributed by atoms with Crippen molar-refractivity contribution in [3.05, 3.63) is 23.8 Å². The average Bonchev–Trinajstić information content (AvgIpc) is 2.93. The highest BCUT2D eigenvalue weighted by atomic mass is 16.6. The zero-order valence-corrected chi connectivity index (χ0v) is 17.1. The van der Waals surface area contributed by atoms with E-state index in [0.29, 0.717) is 23.7 Å². The number of fused-ring (bicyclic) bond motifs is 5. The number of hydrogen-bond acceptors (Lipinski definition) is 4. The summed E-state index contributed by atoms with van der Waals surface area (Å²) < 4.78 is 11.2. The Labute approximate surface area is 167 Å². The maximum absolute atomic E-state index is 11.8. The quantitative estimate of drug-likeness (QED) is 0.530. The molecule has 28 heavy (non-hydrogen) atoms. The first-order valence-corrected chi connectivity index (χ1v) is 10.5. The Morgan fingerprint density at radius 3 is 2.61 bits per heavy atom. The summed E-state index contributed by atoms with van der Waals surface area (Å²) in [4.78, 5) is 23.1. The molecule has 0 bridgehead atoms. The van der Waals surface area contributed by atoms with Gasteiger partial charge in [0.2, 0.25) is 0 Å². The van der Waals surface area contributed by atoms with Crippen LogP contribution in [0.15, 0.2) is 23.8 Å². The van der Waals surface area contributed by atoms with E-state index in [4.69, 9.17) is 15.9 Å². The number of ether oxygens (including phenoxy) is 2. The van der Waals surface area contributed by atoms with E-state index in [9.17, 15) is 9.59 Å². The van der Waals surface area contributed by atoms with E-state index in [1.807, 2.05) is 0 Å². The number of esters is 2. The lowest BCUT2D eigenvalue weighted by atomic mass is 9.52. The molecule has 2 saturated carbocycles. The highest BCUT2D eigenvalue weighted by Crippen LogP contribution is 2.64. The second-order valence-electron chi connectivity index (χ2n) is 9.27. The maximum atomic E-state index is 11.8. The van der Waals surface area contributed by atoms with Gasteiger partial charge in [-0.15, -0.1) is 6.42 Å². The number of rotatable bonds is 2. The Hall–Kier alpha value is -2.02. The van der Waals surface area contributed by atoms with Gasteiger partial charge in [-0.05, 0) is 73.8 Å². The zero-order chi connectivity index (χ0) is 20.1. The molecule has 0 N–H and O–H groups in total. The summed E-state index contributed by atoms with van der Waals surface area (Å²) in [6, 6.07) is 0. The normalized spacial score (nSPS) is 43.6. The molecule has 0 aromatic carbocycles. The molecule has 4 aliphatic carbocycles. The Balaban J connectivity index is 1.62. The maximum Gasteiger partial charge on any atom is 0.304 e. The van der Waals surface area contributed by atoms with Gasteiger partial charge in [-0.1, -0.05) is 25.0 Å². The van der Waals surface area contributed by atoms with Crippen molar-refractivity contribution < 1.29 is 19.1 Å². The van der Waals surface area contributed by atoms with Crippen molar-refractivity contribution in [1.82, 2.24) is 0 Å². The second kappa shape index (κ2) is 6.79. The smallest absolute Gasteiger partial charge is 0.304 e. The standard InChI is InChI=1S/C24H30O4/c1-5-24(28-16(3)26)13-11-22-21-8-6-17-14-18(27-15(2)25)7-9-19(17)20(21)10-12-23(22,24)4/h1,6,8,14,18-22H,7,9-13H2,2-4H3. The van der Waals surface area contributed by atoms with Gasteiger partial charge in [-0.2, -0.15) is 0 Å². The molecule has 0 radical (unpaired) electrons. The van der Waals surface area contributed by atoms with Gasteiger partial charge in [0.25, 0.3) is 0 Å². The van der Waals surface area contributed by atoms with Gasteiger partial charge in [0.1, 0.15) is 6.10 Å². The Kier molecular flexibility index (Phi) is 4.68. The first-order valence-electron chi connectivity index (χ1n) is 10.5. The molecule has 7 unspecified atom stereocenters. The van der Waals surface area contributed by atoms with Gasteiger partial charge in [-0.3, -0.25) is 9.59 Å². The van der Waals surface area contributed by atoms with Gasteiger partial charge >= 0.3 is 11.9 Å². The van der Waals surface area contributed by atoms with Crippen LogP contribution in [0.25, 0.3) is 0 Å².